The van der Waals surface area contributed by atoms with Crippen molar-refractivity contribution in [2.75, 3.05) is 0 Å². The van der Waals surface area contributed by atoms with Crippen molar-refractivity contribution in [3.63, 3.8) is 0 Å². The molecule has 1 aliphatic rings. The molecule has 1 aliphatic carbocycles. The van der Waals surface area contributed by atoms with Gasteiger partial charge in [-0.05, 0) is 44.4 Å². The second-order valence-electron chi connectivity index (χ2n) is 8.41. The molecule has 0 aromatic carbocycles. The molecule has 4 nitrogen and oxygen atoms in total. The lowest BCUT2D eigenvalue weighted by molar-refractivity contribution is -0.146. The third-order valence-electron chi connectivity index (χ3n) is 4.33. The van der Waals surface area contributed by atoms with Gasteiger partial charge >= 0.3 is 5.97 Å². The van der Waals surface area contributed by atoms with Crippen molar-refractivity contribution >= 4 is 11.9 Å². The van der Waals surface area contributed by atoms with Crippen LogP contribution >= 0.6 is 0 Å². The van der Waals surface area contributed by atoms with E-state index in [0.29, 0.717) is 18.8 Å². The Hall–Kier alpha value is -1.06. The molecule has 3 atom stereocenters. The van der Waals surface area contributed by atoms with Crippen LogP contribution in [0.5, 0.6) is 0 Å². The highest BCUT2D eigenvalue weighted by Gasteiger charge is 2.43. The lowest BCUT2D eigenvalue weighted by Gasteiger charge is -2.34. The van der Waals surface area contributed by atoms with Gasteiger partial charge in [0.15, 0.2) is 0 Å². The van der Waals surface area contributed by atoms with Gasteiger partial charge in [-0.2, -0.15) is 0 Å². The third kappa shape index (κ3) is 5.33. The van der Waals surface area contributed by atoms with Gasteiger partial charge in [-0.15, -0.1) is 0 Å². The molecule has 0 aliphatic heterocycles. The Morgan fingerprint density at radius 3 is 2.05 bits per heavy atom. The second-order valence-corrected chi connectivity index (χ2v) is 8.41. The molecule has 3 unspecified atom stereocenters. The van der Waals surface area contributed by atoms with E-state index in [9.17, 15) is 14.7 Å². The zero-order valence-electron chi connectivity index (χ0n) is 14.3. The first-order valence-corrected chi connectivity index (χ1v) is 8.00. The zero-order valence-corrected chi connectivity index (χ0v) is 14.3. The van der Waals surface area contributed by atoms with Gasteiger partial charge in [0.2, 0.25) is 5.91 Å². The van der Waals surface area contributed by atoms with Crippen LogP contribution in [0.3, 0.4) is 0 Å². The maximum Gasteiger partial charge on any atom is 0.307 e. The Kier molecular flexibility index (Phi) is 5.46. The summed E-state index contributed by atoms with van der Waals surface area (Å²) in [4.78, 5) is 23.9. The lowest BCUT2D eigenvalue weighted by atomic mass is 9.81. The average Bonchev–Trinajstić information content (AvgIpc) is 2.68. The molecule has 21 heavy (non-hydrogen) atoms. The highest BCUT2D eigenvalue weighted by molar-refractivity contribution is 5.85. The highest BCUT2D eigenvalue weighted by Crippen LogP contribution is 2.39. The number of aliphatic carboxylic acids is 1. The zero-order chi connectivity index (χ0) is 16.4. The van der Waals surface area contributed by atoms with E-state index in [1.807, 2.05) is 13.8 Å². The smallest absolute Gasteiger partial charge is 0.307 e. The number of carboxylic acid groups (broad SMARTS) is 1. The minimum Gasteiger partial charge on any atom is -0.481 e. The Morgan fingerprint density at radius 2 is 1.62 bits per heavy atom. The van der Waals surface area contributed by atoms with Crippen molar-refractivity contribution < 1.29 is 14.7 Å². The molecule has 0 heterocycles. The highest BCUT2D eigenvalue weighted by atomic mass is 16.4. The molecule has 0 radical (unpaired) electrons. The number of carbonyl (C=O) groups excluding carboxylic acids is 1. The molecule has 0 spiro atoms. The minimum absolute atomic E-state index is 0.0902. The molecule has 0 aromatic heterocycles. The number of rotatable bonds is 5. The summed E-state index contributed by atoms with van der Waals surface area (Å²) in [6.45, 7) is 12.5. The Balaban J connectivity index is 2.75. The molecule has 122 valence electrons. The van der Waals surface area contributed by atoms with Gasteiger partial charge in [-0.3, -0.25) is 9.59 Å². The van der Waals surface area contributed by atoms with Crippen molar-refractivity contribution in [3.8, 4) is 0 Å². The van der Waals surface area contributed by atoms with Crippen molar-refractivity contribution in [2.24, 2.45) is 23.2 Å². The van der Waals surface area contributed by atoms with E-state index in [2.05, 4.69) is 33.0 Å². The van der Waals surface area contributed by atoms with Crippen molar-refractivity contribution in [1.82, 2.24) is 5.32 Å². The molecule has 1 amide bonds. The predicted molar refractivity (Wildman–Crippen MR) is 83.9 cm³/mol. The summed E-state index contributed by atoms with van der Waals surface area (Å²) >= 11 is 0. The molecule has 1 rings (SSSR count). The molecular weight excluding hydrogens is 266 g/mol. The minimum atomic E-state index is -0.834. The first-order valence-electron chi connectivity index (χ1n) is 8.00. The Bertz CT molecular complexity index is 395. The van der Waals surface area contributed by atoms with E-state index in [1.54, 1.807) is 0 Å². The number of hydrogen-bond donors (Lipinski definition) is 2. The predicted octanol–water partition coefficient (Wildman–Crippen LogP) is 3.45. The fourth-order valence-corrected chi connectivity index (χ4v) is 3.84. The Morgan fingerprint density at radius 1 is 1.10 bits per heavy atom. The van der Waals surface area contributed by atoms with E-state index >= 15 is 0 Å². The molecule has 2 N–H and O–H groups in total. The van der Waals surface area contributed by atoms with Crippen LogP contribution in [0.25, 0.3) is 0 Å². The monoisotopic (exact) mass is 297 g/mol. The van der Waals surface area contributed by atoms with Gasteiger partial charge < -0.3 is 10.4 Å². The van der Waals surface area contributed by atoms with Gasteiger partial charge in [-0.1, -0.05) is 34.1 Å². The molecule has 4 heteroatoms. The first-order chi connectivity index (χ1) is 9.45. The van der Waals surface area contributed by atoms with E-state index in [1.165, 1.54) is 0 Å². The van der Waals surface area contributed by atoms with Crippen LogP contribution in [0.4, 0.5) is 0 Å². The van der Waals surface area contributed by atoms with Crippen LogP contribution in [-0.2, 0) is 9.59 Å². The van der Waals surface area contributed by atoms with Crippen LogP contribution in [-0.4, -0.2) is 22.5 Å². The first kappa shape index (κ1) is 18.0. The number of carboxylic acids is 1. The lowest BCUT2D eigenvalue weighted by Crippen LogP contribution is -2.49. The number of amides is 1. The maximum absolute atomic E-state index is 12.5. The van der Waals surface area contributed by atoms with Gasteiger partial charge in [0, 0.05) is 5.54 Å². The number of hydrogen-bond acceptors (Lipinski definition) is 2. The van der Waals surface area contributed by atoms with Crippen LogP contribution in [0.1, 0.15) is 67.2 Å². The van der Waals surface area contributed by atoms with Crippen LogP contribution in [0, 0.1) is 23.2 Å². The van der Waals surface area contributed by atoms with E-state index in [0.717, 1.165) is 12.8 Å². The molecule has 0 bridgehead atoms. The van der Waals surface area contributed by atoms with Crippen LogP contribution in [0.15, 0.2) is 0 Å². The number of nitrogens with one attached hydrogen (secondary N) is 1. The van der Waals surface area contributed by atoms with Crippen molar-refractivity contribution in [2.45, 2.75) is 72.8 Å². The average molecular weight is 297 g/mol. The third-order valence-corrected chi connectivity index (χ3v) is 4.33. The Labute approximate surface area is 128 Å². The summed E-state index contributed by atoms with van der Waals surface area (Å²) in [7, 11) is 0. The summed E-state index contributed by atoms with van der Waals surface area (Å²) in [6, 6.07) is 0. The van der Waals surface area contributed by atoms with Gasteiger partial charge in [0.05, 0.1) is 11.8 Å². The quantitative estimate of drug-likeness (QED) is 0.816. The van der Waals surface area contributed by atoms with Gasteiger partial charge in [0.25, 0.3) is 0 Å². The fraction of sp³-hybridized carbons (Fsp3) is 0.882. The SMILES string of the molecule is CCC1CC(C(=O)O)C(C(=O)NC(C)(C)CC(C)(C)C)C1. The second kappa shape index (κ2) is 6.37. The molecule has 0 saturated heterocycles. The van der Waals surface area contributed by atoms with Crippen molar-refractivity contribution in [3.05, 3.63) is 0 Å². The normalized spacial score (nSPS) is 26.7. The summed E-state index contributed by atoms with van der Waals surface area (Å²) in [5.74, 6) is -1.48. The summed E-state index contributed by atoms with van der Waals surface area (Å²) < 4.78 is 0. The summed E-state index contributed by atoms with van der Waals surface area (Å²) in [5, 5.41) is 12.4. The molecule has 1 saturated carbocycles. The van der Waals surface area contributed by atoms with Crippen LogP contribution in [0.2, 0.25) is 0 Å². The van der Waals surface area contributed by atoms with E-state index in [4.69, 9.17) is 0 Å². The van der Waals surface area contributed by atoms with Gasteiger partial charge in [0.1, 0.15) is 0 Å². The standard InChI is InChI=1S/C17H31NO3/c1-7-11-8-12(13(9-11)15(20)21)14(19)18-17(5,6)10-16(2,3)4/h11-13H,7-10H2,1-6H3,(H,18,19)(H,20,21). The number of carbonyl (C=O) groups is 2. The largest absolute Gasteiger partial charge is 0.481 e. The molecule has 1 fully saturated rings. The van der Waals surface area contributed by atoms with Crippen molar-refractivity contribution in [1.29, 1.82) is 0 Å². The fourth-order valence-electron chi connectivity index (χ4n) is 3.84. The summed E-state index contributed by atoms with van der Waals surface area (Å²) in [5.41, 5.74) is -0.201. The van der Waals surface area contributed by atoms with Gasteiger partial charge in [-0.25, -0.2) is 0 Å². The van der Waals surface area contributed by atoms with E-state index < -0.39 is 11.9 Å². The van der Waals surface area contributed by atoms with E-state index in [-0.39, 0.29) is 22.8 Å². The van der Waals surface area contributed by atoms with Crippen LogP contribution < -0.4 is 5.32 Å². The summed E-state index contributed by atoms with van der Waals surface area (Å²) in [6.07, 6.45) is 3.13. The maximum atomic E-state index is 12.5. The molecular formula is C17H31NO3. The topological polar surface area (TPSA) is 66.4 Å². The molecule has 0 aromatic rings.